The molecule has 3 nitrogen and oxygen atoms in total. The maximum atomic E-state index is 11.9. The number of benzene rings is 1. The van der Waals surface area contributed by atoms with Gasteiger partial charge in [0.05, 0.1) is 10.2 Å². The van der Waals surface area contributed by atoms with E-state index in [-0.39, 0.29) is 5.56 Å². The average Bonchev–Trinajstić information content (AvgIpc) is 2.54. The van der Waals surface area contributed by atoms with Crippen LogP contribution < -0.4 is 5.56 Å². The molecular weight excluding hydrogens is 335 g/mol. The lowest BCUT2D eigenvalue weighted by molar-refractivity contribution is 1.08. The van der Waals surface area contributed by atoms with Gasteiger partial charge in [0, 0.05) is 15.3 Å². The van der Waals surface area contributed by atoms with Crippen LogP contribution in [-0.4, -0.2) is 9.38 Å². The highest BCUT2D eigenvalue weighted by Crippen LogP contribution is 2.25. The Morgan fingerprint density at radius 3 is 3.00 bits per heavy atom. The van der Waals surface area contributed by atoms with Gasteiger partial charge < -0.3 is 0 Å². The molecule has 0 bridgehead atoms. The van der Waals surface area contributed by atoms with Crippen LogP contribution in [0.1, 0.15) is 5.69 Å². The van der Waals surface area contributed by atoms with E-state index in [4.69, 9.17) is 0 Å². The average molecular weight is 342 g/mol. The first kappa shape index (κ1) is 10.2. The van der Waals surface area contributed by atoms with Crippen LogP contribution in [0.2, 0.25) is 0 Å². The number of rotatable bonds is 0. The highest BCUT2D eigenvalue weighted by atomic mass is 127. The highest BCUT2D eigenvalue weighted by Gasteiger charge is 2.08. The lowest BCUT2D eigenvalue weighted by Crippen LogP contribution is -2.12. The van der Waals surface area contributed by atoms with Crippen LogP contribution in [0.15, 0.2) is 29.1 Å². The van der Waals surface area contributed by atoms with Crippen molar-refractivity contribution in [3.63, 3.8) is 0 Å². The Morgan fingerprint density at radius 2 is 2.19 bits per heavy atom. The van der Waals surface area contributed by atoms with Crippen molar-refractivity contribution >= 4 is 49.1 Å². The van der Waals surface area contributed by atoms with Gasteiger partial charge in [-0.3, -0.25) is 9.20 Å². The van der Waals surface area contributed by atoms with E-state index >= 15 is 0 Å². The van der Waals surface area contributed by atoms with E-state index in [1.54, 1.807) is 21.8 Å². The second-order valence-corrected chi connectivity index (χ2v) is 5.82. The molecule has 0 atom stereocenters. The van der Waals surface area contributed by atoms with Gasteiger partial charge in [0.2, 0.25) is 0 Å². The first-order valence-electron chi connectivity index (χ1n) is 4.73. The molecule has 0 radical (unpaired) electrons. The summed E-state index contributed by atoms with van der Waals surface area (Å²) in [6, 6.07) is 7.65. The van der Waals surface area contributed by atoms with Crippen LogP contribution in [0.4, 0.5) is 0 Å². The molecule has 0 spiro atoms. The van der Waals surface area contributed by atoms with Gasteiger partial charge in [-0.1, -0.05) is 11.3 Å². The summed E-state index contributed by atoms with van der Waals surface area (Å²) in [4.78, 5) is 17.1. The standard InChI is InChI=1S/C11H7IN2OS/c1-6-4-10(15)14-8-5-7(12)2-3-9(8)16-11(14)13-6/h2-5H,1H3. The van der Waals surface area contributed by atoms with Crippen molar-refractivity contribution in [3.05, 3.63) is 43.9 Å². The van der Waals surface area contributed by atoms with Gasteiger partial charge in [0.15, 0.2) is 4.96 Å². The van der Waals surface area contributed by atoms with Gasteiger partial charge >= 0.3 is 0 Å². The van der Waals surface area contributed by atoms with Gasteiger partial charge in [0.1, 0.15) is 0 Å². The van der Waals surface area contributed by atoms with Crippen molar-refractivity contribution in [1.29, 1.82) is 0 Å². The topological polar surface area (TPSA) is 34.4 Å². The Bertz CT molecular complexity index is 760. The molecule has 0 saturated heterocycles. The normalized spacial score (nSPS) is 11.4. The molecule has 5 heteroatoms. The predicted molar refractivity (Wildman–Crippen MR) is 74.3 cm³/mol. The molecule has 80 valence electrons. The zero-order chi connectivity index (χ0) is 11.3. The summed E-state index contributed by atoms with van der Waals surface area (Å²) < 4.78 is 3.89. The molecule has 0 saturated carbocycles. The fourth-order valence-electron chi connectivity index (χ4n) is 1.71. The SMILES string of the molecule is Cc1cc(=O)n2c(n1)sc1ccc(I)cc12. The summed E-state index contributed by atoms with van der Waals surface area (Å²) in [7, 11) is 0. The number of aromatic nitrogens is 2. The summed E-state index contributed by atoms with van der Waals surface area (Å²) in [5.41, 5.74) is 1.71. The Labute approximate surface area is 109 Å². The third kappa shape index (κ3) is 1.46. The Balaban J connectivity index is 2.63. The summed E-state index contributed by atoms with van der Waals surface area (Å²) in [5, 5.41) is 0. The maximum Gasteiger partial charge on any atom is 0.259 e. The minimum Gasteiger partial charge on any atom is -0.269 e. The molecule has 0 N–H and O–H groups in total. The summed E-state index contributed by atoms with van der Waals surface area (Å²) in [6.45, 7) is 1.84. The molecule has 0 aliphatic heterocycles. The molecule has 2 aromatic heterocycles. The highest BCUT2D eigenvalue weighted by molar-refractivity contribution is 14.1. The Kier molecular flexibility index (Phi) is 2.25. The molecule has 0 aliphatic carbocycles. The van der Waals surface area contributed by atoms with Crippen molar-refractivity contribution in [2.75, 3.05) is 0 Å². The van der Waals surface area contributed by atoms with Crippen LogP contribution in [0.25, 0.3) is 15.2 Å². The van der Waals surface area contributed by atoms with Crippen LogP contribution >= 0.6 is 33.9 Å². The Hall–Kier alpha value is -0.950. The second-order valence-electron chi connectivity index (χ2n) is 3.57. The van der Waals surface area contributed by atoms with E-state index in [9.17, 15) is 4.79 Å². The molecule has 3 aromatic rings. The Morgan fingerprint density at radius 1 is 1.38 bits per heavy atom. The van der Waals surface area contributed by atoms with E-state index in [1.165, 1.54) is 0 Å². The second kappa shape index (κ2) is 3.53. The quantitative estimate of drug-likeness (QED) is 0.589. The summed E-state index contributed by atoms with van der Waals surface area (Å²) in [6.07, 6.45) is 0. The number of thiazole rings is 1. The molecule has 0 unspecified atom stereocenters. The number of halogens is 1. The number of fused-ring (bicyclic) bond motifs is 3. The van der Waals surface area contributed by atoms with E-state index < -0.39 is 0 Å². The van der Waals surface area contributed by atoms with E-state index in [1.807, 2.05) is 25.1 Å². The van der Waals surface area contributed by atoms with Gasteiger partial charge in [-0.25, -0.2) is 4.98 Å². The zero-order valence-corrected chi connectivity index (χ0v) is 11.4. The fourth-order valence-corrected chi connectivity index (χ4v) is 3.24. The third-order valence-corrected chi connectivity index (χ3v) is 4.07. The molecular formula is C11H7IN2OS. The number of hydrogen-bond donors (Lipinski definition) is 0. The van der Waals surface area contributed by atoms with Crippen LogP contribution in [0, 0.1) is 10.5 Å². The smallest absolute Gasteiger partial charge is 0.259 e. The fraction of sp³-hybridized carbons (Fsp3) is 0.0909. The lowest BCUT2D eigenvalue weighted by Gasteiger charge is -1.95. The zero-order valence-electron chi connectivity index (χ0n) is 8.40. The monoisotopic (exact) mass is 342 g/mol. The van der Waals surface area contributed by atoms with E-state index in [0.29, 0.717) is 0 Å². The van der Waals surface area contributed by atoms with Crippen LogP contribution in [-0.2, 0) is 0 Å². The van der Waals surface area contributed by atoms with Crippen molar-refractivity contribution < 1.29 is 0 Å². The van der Waals surface area contributed by atoms with Crippen molar-refractivity contribution in [3.8, 4) is 0 Å². The predicted octanol–water partition coefficient (Wildman–Crippen LogP) is 2.82. The minimum atomic E-state index is -0.00394. The molecule has 2 heterocycles. The van der Waals surface area contributed by atoms with Gasteiger partial charge in [-0.2, -0.15) is 0 Å². The van der Waals surface area contributed by atoms with Crippen LogP contribution in [0.3, 0.4) is 0 Å². The molecule has 0 amide bonds. The lowest BCUT2D eigenvalue weighted by atomic mass is 10.3. The molecule has 1 aromatic carbocycles. The van der Waals surface area contributed by atoms with Gasteiger partial charge in [-0.15, -0.1) is 0 Å². The molecule has 16 heavy (non-hydrogen) atoms. The largest absolute Gasteiger partial charge is 0.269 e. The van der Waals surface area contributed by atoms with Crippen molar-refractivity contribution in [2.24, 2.45) is 0 Å². The summed E-state index contributed by atoms with van der Waals surface area (Å²) in [5.74, 6) is 0. The maximum absolute atomic E-state index is 11.9. The van der Waals surface area contributed by atoms with E-state index in [2.05, 4.69) is 27.6 Å². The summed E-state index contributed by atoms with van der Waals surface area (Å²) >= 11 is 3.79. The molecule has 0 aliphatic rings. The van der Waals surface area contributed by atoms with Crippen LogP contribution in [0.5, 0.6) is 0 Å². The number of hydrogen-bond acceptors (Lipinski definition) is 3. The van der Waals surface area contributed by atoms with Crippen molar-refractivity contribution in [2.45, 2.75) is 6.92 Å². The van der Waals surface area contributed by atoms with Gasteiger partial charge in [0.25, 0.3) is 5.56 Å². The molecule has 0 fully saturated rings. The first-order chi connectivity index (χ1) is 7.65. The minimum absolute atomic E-state index is 0.00394. The molecule has 3 rings (SSSR count). The number of aryl methyl sites for hydroxylation is 1. The van der Waals surface area contributed by atoms with E-state index in [0.717, 1.165) is 24.4 Å². The van der Waals surface area contributed by atoms with Gasteiger partial charge in [-0.05, 0) is 47.7 Å². The first-order valence-corrected chi connectivity index (χ1v) is 6.63. The number of nitrogens with zero attached hydrogens (tertiary/aromatic N) is 2. The van der Waals surface area contributed by atoms with Crippen molar-refractivity contribution in [1.82, 2.24) is 9.38 Å². The third-order valence-electron chi connectivity index (χ3n) is 2.38.